The van der Waals surface area contributed by atoms with Crippen LogP contribution in [-0.4, -0.2) is 56.2 Å². The molecule has 0 bridgehead atoms. The summed E-state index contributed by atoms with van der Waals surface area (Å²) < 4.78 is 0. The van der Waals surface area contributed by atoms with Crippen molar-refractivity contribution in [3.8, 4) is 11.3 Å². The number of carboxylic acid groups (broad SMARTS) is 1. The Hall–Kier alpha value is -4.06. The Morgan fingerprint density at radius 2 is 1.72 bits per heavy atom. The van der Waals surface area contributed by atoms with E-state index in [-0.39, 0.29) is 22.8 Å². The third-order valence-electron chi connectivity index (χ3n) is 6.26. The fourth-order valence-corrected chi connectivity index (χ4v) is 5.09. The van der Waals surface area contributed by atoms with Crippen LogP contribution in [0.1, 0.15) is 38.6 Å². The van der Waals surface area contributed by atoms with E-state index in [0.29, 0.717) is 64.5 Å². The minimum atomic E-state index is -1.04. The lowest BCUT2D eigenvalue weighted by atomic mass is 10.1. The van der Waals surface area contributed by atoms with Gasteiger partial charge in [-0.15, -0.1) is 0 Å². The average molecular weight is 565 g/mol. The van der Waals surface area contributed by atoms with Gasteiger partial charge in [-0.05, 0) is 56.2 Å². The fraction of sp³-hybridized carbons (Fsp3) is 0.222. The molecule has 5 rings (SSSR count). The molecule has 1 aliphatic rings. The molecule has 4 N–H and O–H groups in total. The van der Waals surface area contributed by atoms with Crippen molar-refractivity contribution in [1.82, 2.24) is 15.0 Å². The van der Waals surface area contributed by atoms with Crippen LogP contribution in [0.25, 0.3) is 11.3 Å². The smallest absolute Gasteiger partial charge is 0.347 e. The maximum absolute atomic E-state index is 12.7. The van der Waals surface area contributed by atoms with Crippen molar-refractivity contribution >= 4 is 57.4 Å². The zero-order valence-corrected chi connectivity index (χ0v) is 22.5. The number of carbonyl (C=O) groups is 2. The number of nitrogens with one attached hydrogen (secondary N) is 2. The van der Waals surface area contributed by atoms with Crippen LogP contribution in [0.3, 0.4) is 0 Å². The van der Waals surface area contributed by atoms with Gasteiger partial charge in [0.25, 0.3) is 5.91 Å². The predicted octanol–water partition coefficient (Wildman–Crippen LogP) is 5.22. The van der Waals surface area contributed by atoms with Gasteiger partial charge in [-0.25, -0.2) is 14.8 Å². The number of aliphatic hydroxyl groups excluding tert-OH is 1. The Bertz CT molecular complexity index is 1500. The molecule has 0 atom stereocenters. The number of piperidine rings is 1. The number of aromatic carboxylic acids is 1. The molecule has 1 fully saturated rings. The summed E-state index contributed by atoms with van der Waals surface area (Å²) in [6.07, 6.45) is 0.930. The zero-order valence-electron chi connectivity index (χ0n) is 20.9. The highest BCUT2D eigenvalue weighted by atomic mass is 35.5. The molecule has 0 unspecified atom stereocenters. The van der Waals surface area contributed by atoms with Crippen LogP contribution >= 0.6 is 22.9 Å². The van der Waals surface area contributed by atoms with Gasteiger partial charge in [0.05, 0.1) is 17.5 Å². The maximum atomic E-state index is 12.7. The number of amides is 1. The van der Waals surface area contributed by atoms with Gasteiger partial charge in [-0.3, -0.25) is 10.1 Å². The second kappa shape index (κ2) is 11.4. The molecule has 1 saturated heterocycles. The van der Waals surface area contributed by atoms with Crippen molar-refractivity contribution in [2.24, 2.45) is 0 Å². The number of hydrogen-bond acceptors (Lipinski definition) is 9. The summed E-state index contributed by atoms with van der Waals surface area (Å²) in [4.78, 5) is 40.0. The number of aromatic nitrogens is 3. The van der Waals surface area contributed by atoms with E-state index < -0.39 is 5.97 Å². The third kappa shape index (κ3) is 6.33. The molecule has 0 saturated carbocycles. The van der Waals surface area contributed by atoms with E-state index in [4.69, 9.17) is 11.6 Å². The Morgan fingerprint density at radius 1 is 1.03 bits per heavy atom. The lowest BCUT2D eigenvalue weighted by Crippen LogP contribution is -2.36. The molecule has 0 spiro atoms. The minimum Gasteiger partial charge on any atom is -0.477 e. The second-order valence-corrected chi connectivity index (χ2v) is 10.5. The monoisotopic (exact) mass is 564 g/mol. The van der Waals surface area contributed by atoms with Crippen LogP contribution in [-0.2, 0) is 0 Å². The largest absolute Gasteiger partial charge is 0.477 e. The number of benzene rings is 2. The first-order valence-corrected chi connectivity index (χ1v) is 13.4. The van der Waals surface area contributed by atoms with Crippen molar-refractivity contribution < 1.29 is 19.8 Å². The Kier molecular flexibility index (Phi) is 7.73. The first kappa shape index (κ1) is 26.5. The van der Waals surface area contributed by atoms with Gasteiger partial charge in [0.2, 0.25) is 5.95 Å². The zero-order chi connectivity index (χ0) is 27.5. The number of aliphatic hydroxyl groups is 1. The molecule has 0 radical (unpaired) electrons. The predicted molar refractivity (Wildman–Crippen MR) is 151 cm³/mol. The van der Waals surface area contributed by atoms with Crippen molar-refractivity contribution in [3.63, 3.8) is 0 Å². The SMILES string of the molecule is Cc1nc(Nc2nc(-c3ccc(C(=O)Nc4ccc(Cl)cc4)cc3)cc(N3CCC(O)CC3)n2)sc1C(=O)O. The van der Waals surface area contributed by atoms with Crippen LogP contribution < -0.4 is 15.5 Å². The Balaban J connectivity index is 1.42. The van der Waals surface area contributed by atoms with Crippen molar-refractivity contribution in [2.45, 2.75) is 25.9 Å². The lowest BCUT2D eigenvalue weighted by molar-refractivity contribution is 0.0701. The second-order valence-electron chi connectivity index (χ2n) is 9.06. The summed E-state index contributed by atoms with van der Waals surface area (Å²) in [6, 6.07) is 15.8. The van der Waals surface area contributed by atoms with Gasteiger partial charge in [-0.1, -0.05) is 35.1 Å². The quantitative estimate of drug-likeness (QED) is 0.238. The number of thiazole rings is 1. The van der Waals surface area contributed by atoms with Crippen LogP contribution in [0, 0.1) is 6.92 Å². The van der Waals surface area contributed by atoms with E-state index in [2.05, 4.69) is 30.5 Å². The lowest BCUT2D eigenvalue weighted by Gasteiger charge is -2.30. The normalized spacial score (nSPS) is 13.8. The van der Waals surface area contributed by atoms with Gasteiger partial charge >= 0.3 is 5.97 Å². The highest BCUT2D eigenvalue weighted by molar-refractivity contribution is 7.17. The van der Waals surface area contributed by atoms with E-state index >= 15 is 0 Å². The highest BCUT2D eigenvalue weighted by Crippen LogP contribution is 2.29. The van der Waals surface area contributed by atoms with E-state index in [1.54, 1.807) is 43.3 Å². The summed E-state index contributed by atoms with van der Waals surface area (Å²) >= 11 is 6.93. The Morgan fingerprint density at radius 3 is 2.36 bits per heavy atom. The van der Waals surface area contributed by atoms with Crippen molar-refractivity contribution in [1.29, 1.82) is 0 Å². The number of nitrogens with zero attached hydrogens (tertiary/aromatic N) is 4. The molecule has 2 aromatic heterocycles. The first-order valence-electron chi connectivity index (χ1n) is 12.2. The van der Waals surface area contributed by atoms with Gasteiger partial charge in [0.1, 0.15) is 10.7 Å². The molecule has 39 heavy (non-hydrogen) atoms. The molecule has 3 heterocycles. The number of carbonyl (C=O) groups excluding carboxylic acids is 1. The molecule has 200 valence electrons. The number of aryl methyl sites for hydroxylation is 1. The molecule has 4 aromatic rings. The summed E-state index contributed by atoms with van der Waals surface area (Å²) in [7, 11) is 0. The molecule has 10 nitrogen and oxygen atoms in total. The molecular formula is C27H25ClN6O4S. The van der Waals surface area contributed by atoms with Crippen LogP contribution in [0.4, 0.5) is 22.6 Å². The summed E-state index contributed by atoms with van der Waals surface area (Å²) in [5.74, 6) is -0.357. The molecule has 12 heteroatoms. The van der Waals surface area contributed by atoms with Crippen LogP contribution in [0.15, 0.2) is 54.6 Å². The van der Waals surface area contributed by atoms with Gasteiger partial charge < -0.3 is 20.4 Å². The maximum Gasteiger partial charge on any atom is 0.347 e. The van der Waals surface area contributed by atoms with Crippen molar-refractivity contribution in [3.05, 3.63) is 75.8 Å². The standard InChI is InChI=1S/C27H25ClN6O4S/c1-15-23(25(37)38)39-27(29-15)33-26-31-21(14-22(32-26)34-12-10-20(35)11-13-34)16-2-4-17(5-3-16)24(36)30-19-8-6-18(28)7-9-19/h2-9,14,20,35H,10-13H2,1H3,(H,30,36)(H,37,38)(H,29,31,32,33). The number of carboxylic acids is 1. The number of anilines is 4. The van der Waals surface area contributed by atoms with E-state index in [1.165, 1.54) is 0 Å². The molecule has 2 aromatic carbocycles. The highest BCUT2D eigenvalue weighted by Gasteiger charge is 2.21. The van der Waals surface area contributed by atoms with Crippen LogP contribution in [0.5, 0.6) is 0 Å². The molecule has 1 aliphatic heterocycles. The van der Waals surface area contributed by atoms with E-state index in [9.17, 15) is 19.8 Å². The van der Waals surface area contributed by atoms with Gasteiger partial charge in [0.15, 0.2) is 5.13 Å². The van der Waals surface area contributed by atoms with E-state index in [1.807, 2.05) is 18.2 Å². The summed E-state index contributed by atoms with van der Waals surface area (Å²) in [5.41, 5.74) is 2.91. The third-order valence-corrected chi connectivity index (χ3v) is 7.57. The number of hydrogen-bond donors (Lipinski definition) is 4. The fourth-order valence-electron chi connectivity index (χ4n) is 4.17. The topological polar surface area (TPSA) is 141 Å². The van der Waals surface area contributed by atoms with Crippen molar-refractivity contribution in [2.75, 3.05) is 28.6 Å². The van der Waals surface area contributed by atoms with Crippen LogP contribution in [0.2, 0.25) is 5.02 Å². The Labute approximate surface area is 233 Å². The molecular weight excluding hydrogens is 540 g/mol. The van der Waals surface area contributed by atoms with E-state index in [0.717, 1.165) is 16.9 Å². The first-order chi connectivity index (χ1) is 18.7. The summed E-state index contributed by atoms with van der Waals surface area (Å²) in [5, 5.41) is 26.2. The molecule has 0 aliphatic carbocycles. The minimum absolute atomic E-state index is 0.145. The molecule has 1 amide bonds. The van der Waals surface area contributed by atoms with Gasteiger partial charge in [0, 0.05) is 41.0 Å². The summed E-state index contributed by atoms with van der Waals surface area (Å²) in [6.45, 7) is 2.91. The van der Waals surface area contributed by atoms with Gasteiger partial charge in [-0.2, -0.15) is 4.98 Å². The number of halogens is 1. The number of rotatable bonds is 7. The average Bonchev–Trinajstić information content (AvgIpc) is 3.30.